The lowest BCUT2D eigenvalue weighted by atomic mass is 9.89. The molecule has 0 radical (unpaired) electrons. The smallest absolute Gasteiger partial charge is 0.294 e. The third kappa shape index (κ3) is 4.32. The molecule has 32 heavy (non-hydrogen) atoms. The Morgan fingerprint density at radius 1 is 1.19 bits per heavy atom. The number of nitrogens with zero attached hydrogens (tertiary/aromatic N) is 1. The second kappa shape index (κ2) is 8.50. The molecule has 0 spiro atoms. The summed E-state index contributed by atoms with van der Waals surface area (Å²) < 4.78 is 15.3. The van der Waals surface area contributed by atoms with Crippen LogP contribution in [0.4, 0.5) is 10.1 Å². The van der Waals surface area contributed by atoms with Crippen molar-refractivity contribution < 1.29 is 23.9 Å². The maximum Gasteiger partial charge on any atom is 0.294 e. The van der Waals surface area contributed by atoms with E-state index < -0.39 is 17.8 Å². The van der Waals surface area contributed by atoms with Gasteiger partial charge in [0, 0.05) is 24.5 Å². The van der Waals surface area contributed by atoms with Gasteiger partial charge in [-0.25, -0.2) is 4.39 Å². The molecule has 0 bridgehead atoms. The van der Waals surface area contributed by atoms with Crippen LogP contribution in [-0.4, -0.2) is 39.4 Å². The highest BCUT2D eigenvalue weighted by molar-refractivity contribution is 6.43. The molecule has 0 aliphatic heterocycles. The van der Waals surface area contributed by atoms with Crippen molar-refractivity contribution >= 4 is 23.3 Å². The van der Waals surface area contributed by atoms with Gasteiger partial charge in [-0.3, -0.25) is 14.4 Å². The van der Waals surface area contributed by atoms with Crippen molar-refractivity contribution in [2.45, 2.75) is 58.1 Å². The number of anilines is 1. The van der Waals surface area contributed by atoms with Gasteiger partial charge in [0.15, 0.2) is 0 Å². The number of ketones is 1. The molecule has 170 valence electrons. The molecule has 4 rings (SSSR count). The molecule has 0 unspecified atom stereocenters. The van der Waals surface area contributed by atoms with Crippen LogP contribution in [0.5, 0.6) is 0 Å². The van der Waals surface area contributed by atoms with Gasteiger partial charge < -0.3 is 20.3 Å². The van der Waals surface area contributed by atoms with E-state index in [2.05, 4.69) is 10.6 Å². The number of nitrogens with one attached hydrogen (secondary N) is 2. The Kier molecular flexibility index (Phi) is 5.90. The van der Waals surface area contributed by atoms with Crippen LogP contribution in [-0.2, 0) is 18.3 Å². The first-order chi connectivity index (χ1) is 15.2. The second-order valence-electron chi connectivity index (χ2n) is 9.04. The Morgan fingerprint density at radius 3 is 2.47 bits per heavy atom. The zero-order valence-electron chi connectivity index (χ0n) is 18.5. The number of rotatable bonds is 7. The lowest BCUT2D eigenvalue weighted by molar-refractivity contribution is -0.119. The summed E-state index contributed by atoms with van der Waals surface area (Å²) in [4.78, 5) is 38.8. The lowest BCUT2D eigenvalue weighted by Gasteiger charge is -2.31. The number of hydrogen-bond acceptors (Lipinski definition) is 4. The summed E-state index contributed by atoms with van der Waals surface area (Å²) in [5.74, 6) is -1.71. The first-order valence-electron chi connectivity index (χ1n) is 10.9. The number of aliphatic hydroxyl groups is 1. The van der Waals surface area contributed by atoms with Gasteiger partial charge in [-0.15, -0.1) is 0 Å². The number of halogens is 1. The van der Waals surface area contributed by atoms with Crippen molar-refractivity contribution in [3.63, 3.8) is 0 Å². The molecule has 2 saturated carbocycles. The van der Waals surface area contributed by atoms with Crippen molar-refractivity contribution in [2.75, 3.05) is 5.32 Å². The monoisotopic (exact) mass is 441 g/mol. The van der Waals surface area contributed by atoms with Gasteiger partial charge >= 0.3 is 0 Å². The van der Waals surface area contributed by atoms with Crippen LogP contribution in [0.25, 0.3) is 0 Å². The van der Waals surface area contributed by atoms with Gasteiger partial charge in [0.2, 0.25) is 0 Å². The van der Waals surface area contributed by atoms with Crippen LogP contribution in [0, 0.1) is 25.6 Å². The second-order valence-corrected chi connectivity index (χ2v) is 9.04. The van der Waals surface area contributed by atoms with Crippen molar-refractivity contribution in [1.82, 2.24) is 9.88 Å². The Morgan fingerprint density at radius 2 is 1.88 bits per heavy atom. The van der Waals surface area contributed by atoms with Crippen molar-refractivity contribution in [1.29, 1.82) is 0 Å². The number of amides is 2. The minimum absolute atomic E-state index is 0.193. The van der Waals surface area contributed by atoms with Gasteiger partial charge in [0.25, 0.3) is 17.6 Å². The summed E-state index contributed by atoms with van der Waals surface area (Å²) in [5.41, 5.74) is 2.63. The normalized spacial score (nSPS) is 19.9. The van der Waals surface area contributed by atoms with Crippen LogP contribution < -0.4 is 10.6 Å². The highest BCUT2D eigenvalue weighted by Gasteiger charge is 2.35. The van der Waals surface area contributed by atoms with E-state index in [1.165, 1.54) is 12.1 Å². The number of carbonyl (C=O) groups is 3. The fourth-order valence-corrected chi connectivity index (χ4v) is 4.33. The van der Waals surface area contributed by atoms with Crippen LogP contribution in [0.2, 0.25) is 0 Å². The maximum atomic E-state index is 13.6. The maximum absolute atomic E-state index is 13.6. The zero-order valence-corrected chi connectivity index (χ0v) is 18.5. The Bertz CT molecular complexity index is 1100. The molecule has 2 fully saturated rings. The molecule has 2 aliphatic carbocycles. The number of aliphatic hydroxyl groups excluding tert-OH is 1. The molecule has 2 aromatic rings. The van der Waals surface area contributed by atoms with Gasteiger partial charge in [-0.05, 0) is 81.2 Å². The number of aromatic nitrogens is 1. The number of carbonyl (C=O) groups excluding carboxylic acids is 3. The van der Waals surface area contributed by atoms with Gasteiger partial charge in [0.1, 0.15) is 5.82 Å². The van der Waals surface area contributed by atoms with Crippen LogP contribution >= 0.6 is 0 Å². The summed E-state index contributed by atoms with van der Waals surface area (Å²) in [6.07, 6.45) is 3.20. The molecular formula is C24H28FN3O4. The van der Waals surface area contributed by atoms with E-state index in [-0.39, 0.29) is 23.5 Å². The molecule has 7 nitrogen and oxygen atoms in total. The first-order valence-corrected chi connectivity index (χ1v) is 10.9. The molecule has 1 heterocycles. The molecule has 1 aromatic heterocycles. The summed E-state index contributed by atoms with van der Waals surface area (Å²) in [7, 11) is 1.71. The van der Waals surface area contributed by atoms with Crippen molar-refractivity contribution in [2.24, 2.45) is 13.0 Å². The van der Waals surface area contributed by atoms with Gasteiger partial charge in [-0.2, -0.15) is 0 Å². The Balaban J connectivity index is 1.63. The average molecular weight is 442 g/mol. The zero-order chi connectivity index (χ0) is 23.2. The molecule has 1 aromatic carbocycles. The quantitative estimate of drug-likeness (QED) is 0.454. The third-order valence-electron chi connectivity index (χ3n) is 6.45. The van der Waals surface area contributed by atoms with E-state index >= 15 is 0 Å². The highest BCUT2D eigenvalue weighted by Crippen LogP contribution is 2.36. The fraction of sp³-hybridized carbons (Fsp3) is 0.458. The molecule has 3 N–H and O–H groups in total. The fourth-order valence-electron chi connectivity index (χ4n) is 4.33. The van der Waals surface area contributed by atoms with E-state index in [1.807, 2.05) is 0 Å². The number of hydrogen-bond donors (Lipinski definition) is 3. The standard InChI is InChI=1S/C24H28FN3O4/c1-12-8-15(6-7-18(12)25)26-23(31)20-13(2)21(28(3)19(20)9-14-4-5-14)22(30)24(32)27-16-10-17(29)11-16/h6-8,14,16-17,29H,4-5,9-11H2,1-3H3,(H,26,31)(H,27,32). The lowest BCUT2D eigenvalue weighted by Crippen LogP contribution is -2.49. The summed E-state index contributed by atoms with van der Waals surface area (Å²) in [5, 5.41) is 14.9. The number of benzene rings is 1. The number of Topliss-reactive ketones (excluding diaryl/α,β-unsaturated/α-hetero) is 1. The largest absolute Gasteiger partial charge is 0.393 e. The van der Waals surface area contributed by atoms with E-state index in [0.717, 1.165) is 18.5 Å². The summed E-state index contributed by atoms with van der Waals surface area (Å²) in [6, 6.07) is 4.13. The molecular weight excluding hydrogens is 413 g/mol. The van der Waals surface area contributed by atoms with E-state index in [4.69, 9.17) is 0 Å². The molecule has 2 aliphatic rings. The van der Waals surface area contributed by atoms with Crippen molar-refractivity contribution in [3.05, 3.63) is 52.1 Å². The van der Waals surface area contributed by atoms with Crippen molar-refractivity contribution in [3.8, 4) is 0 Å². The molecule has 0 atom stereocenters. The van der Waals surface area contributed by atoms with E-state index in [0.29, 0.717) is 47.6 Å². The Labute approximate surface area is 186 Å². The summed E-state index contributed by atoms with van der Waals surface area (Å²) >= 11 is 0. The molecule has 8 heteroatoms. The van der Waals surface area contributed by atoms with Crippen LogP contribution in [0.15, 0.2) is 18.2 Å². The van der Waals surface area contributed by atoms with Crippen LogP contribution in [0.1, 0.15) is 63.4 Å². The minimum Gasteiger partial charge on any atom is -0.393 e. The Hall–Kier alpha value is -3.00. The molecule has 2 amide bonds. The van der Waals surface area contributed by atoms with Crippen LogP contribution in [0.3, 0.4) is 0 Å². The first kappa shape index (κ1) is 22.2. The predicted octanol–water partition coefficient (Wildman–Crippen LogP) is 2.81. The van der Waals surface area contributed by atoms with Gasteiger partial charge in [-0.1, -0.05) is 0 Å². The molecule has 0 saturated heterocycles. The SMILES string of the molecule is Cc1cc(NC(=O)c2c(C)c(C(=O)C(=O)NC3CC(O)C3)n(C)c2CC2CC2)ccc1F. The third-order valence-corrected chi connectivity index (χ3v) is 6.45. The minimum atomic E-state index is -0.732. The number of aryl methyl sites for hydroxylation is 1. The van der Waals surface area contributed by atoms with E-state index in [9.17, 15) is 23.9 Å². The van der Waals surface area contributed by atoms with E-state index in [1.54, 1.807) is 31.5 Å². The highest BCUT2D eigenvalue weighted by atomic mass is 19.1. The predicted molar refractivity (Wildman–Crippen MR) is 117 cm³/mol. The average Bonchev–Trinajstić information content (AvgIpc) is 3.49. The van der Waals surface area contributed by atoms with Gasteiger partial charge in [0.05, 0.1) is 17.4 Å². The topological polar surface area (TPSA) is 100 Å². The summed E-state index contributed by atoms with van der Waals surface area (Å²) in [6.45, 7) is 3.29.